The van der Waals surface area contributed by atoms with Crippen molar-refractivity contribution in [2.45, 2.75) is 25.4 Å². The van der Waals surface area contributed by atoms with Crippen LogP contribution in [0.2, 0.25) is 0 Å². The maximum absolute atomic E-state index is 11.8. The summed E-state index contributed by atoms with van der Waals surface area (Å²) in [5, 5.41) is 9.50. The van der Waals surface area contributed by atoms with Crippen molar-refractivity contribution in [3.63, 3.8) is 0 Å². The summed E-state index contributed by atoms with van der Waals surface area (Å²) in [5.74, 6) is 0.505. The van der Waals surface area contributed by atoms with Crippen molar-refractivity contribution in [1.82, 2.24) is 0 Å². The molecule has 0 bridgehead atoms. The molecular weight excluding hydrogens is 220 g/mol. The number of carbonyl (C=O) groups excluding carboxylic acids is 1. The largest absolute Gasteiger partial charge is 0.508 e. The van der Waals surface area contributed by atoms with Gasteiger partial charge in [-0.15, -0.1) is 0 Å². The van der Waals surface area contributed by atoms with Gasteiger partial charge in [-0.05, 0) is 25.1 Å². The van der Waals surface area contributed by atoms with Gasteiger partial charge >= 0.3 is 5.97 Å². The van der Waals surface area contributed by atoms with Crippen molar-refractivity contribution in [3.05, 3.63) is 23.8 Å². The molecule has 1 aromatic carbocycles. The first kappa shape index (κ1) is 10.4. The summed E-state index contributed by atoms with van der Waals surface area (Å²) in [6.07, 6.45) is -0.140. The third-order valence-corrected chi connectivity index (χ3v) is 3.77. The van der Waals surface area contributed by atoms with Crippen LogP contribution < -0.4 is 4.74 Å². The van der Waals surface area contributed by atoms with E-state index in [0.29, 0.717) is 6.61 Å². The van der Waals surface area contributed by atoms with Crippen LogP contribution in [-0.4, -0.2) is 23.8 Å². The van der Waals surface area contributed by atoms with E-state index in [9.17, 15) is 9.90 Å². The lowest BCUT2D eigenvalue weighted by Crippen LogP contribution is -2.15. The van der Waals surface area contributed by atoms with Gasteiger partial charge in [0.2, 0.25) is 0 Å². The number of fused-ring (bicyclic) bond motifs is 3. The van der Waals surface area contributed by atoms with Crippen LogP contribution in [0, 0.1) is 5.92 Å². The molecule has 1 N–H and O–H groups in total. The lowest BCUT2D eigenvalue weighted by atomic mass is 9.95. The van der Waals surface area contributed by atoms with Crippen molar-refractivity contribution in [1.29, 1.82) is 0 Å². The van der Waals surface area contributed by atoms with Crippen LogP contribution in [-0.2, 0) is 14.9 Å². The number of hydrogen-bond acceptors (Lipinski definition) is 4. The molecule has 0 spiro atoms. The van der Waals surface area contributed by atoms with Gasteiger partial charge in [0.25, 0.3) is 0 Å². The van der Waals surface area contributed by atoms with Crippen LogP contribution in [0.15, 0.2) is 18.2 Å². The maximum Gasteiger partial charge on any atom is 0.313 e. The zero-order valence-corrected chi connectivity index (χ0v) is 9.77. The standard InChI is InChI=1S/C13H14O4/c1-3-16-12(15)10-11-13(10,2)8-6-7(14)4-5-9(8)17-11/h4-6,10-11,14H,3H2,1-2H3. The lowest BCUT2D eigenvalue weighted by Gasteiger charge is -2.11. The molecule has 1 saturated carbocycles. The first-order chi connectivity index (χ1) is 8.09. The van der Waals surface area contributed by atoms with Gasteiger partial charge in [0, 0.05) is 5.56 Å². The fourth-order valence-corrected chi connectivity index (χ4v) is 2.76. The third-order valence-electron chi connectivity index (χ3n) is 3.77. The van der Waals surface area contributed by atoms with E-state index in [2.05, 4.69) is 0 Å². The monoisotopic (exact) mass is 234 g/mol. The summed E-state index contributed by atoms with van der Waals surface area (Å²) >= 11 is 0. The molecule has 4 heteroatoms. The third kappa shape index (κ3) is 1.21. The van der Waals surface area contributed by atoms with Crippen molar-refractivity contribution in [3.8, 4) is 11.5 Å². The van der Waals surface area contributed by atoms with E-state index in [1.165, 1.54) is 0 Å². The minimum absolute atomic E-state index is 0.140. The highest BCUT2D eigenvalue weighted by Gasteiger charge is 2.73. The fourth-order valence-electron chi connectivity index (χ4n) is 2.76. The van der Waals surface area contributed by atoms with E-state index in [0.717, 1.165) is 11.3 Å². The average Bonchev–Trinajstić information content (AvgIpc) is 2.78. The first-order valence-corrected chi connectivity index (χ1v) is 5.75. The zero-order valence-electron chi connectivity index (χ0n) is 9.77. The number of benzene rings is 1. The number of phenolic OH excluding ortho intramolecular Hbond substituents is 1. The minimum atomic E-state index is -0.333. The van der Waals surface area contributed by atoms with Crippen LogP contribution >= 0.6 is 0 Å². The van der Waals surface area contributed by atoms with Gasteiger partial charge in [-0.3, -0.25) is 4.79 Å². The lowest BCUT2D eigenvalue weighted by molar-refractivity contribution is -0.145. The molecule has 1 aliphatic heterocycles. The molecule has 3 rings (SSSR count). The number of aromatic hydroxyl groups is 1. The van der Waals surface area contributed by atoms with Gasteiger partial charge in [-0.1, -0.05) is 6.92 Å². The second-order valence-corrected chi connectivity index (χ2v) is 4.73. The van der Waals surface area contributed by atoms with E-state index >= 15 is 0 Å². The summed E-state index contributed by atoms with van der Waals surface area (Å²) < 4.78 is 10.7. The van der Waals surface area contributed by atoms with Crippen LogP contribution in [0.3, 0.4) is 0 Å². The maximum atomic E-state index is 11.8. The summed E-state index contributed by atoms with van der Waals surface area (Å²) in [5.41, 5.74) is 0.570. The predicted molar refractivity (Wildman–Crippen MR) is 60.0 cm³/mol. The second kappa shape index (κ2) is 3.15. The summed E-state index contributed by atoms with van der Waals surface area (Å²) in [4.78, 5) is 11.8. The molecule has 2 aliphatic rings. The molecule has 0 amide bonds. The quantitative estimate of drug-likeness (QED) is 0.790. The van der Waals surface area contributed by atoms with Gasteiger partial charge < -0.3 is 14.6 Å². The van der Waals surface area contributed by atoms with E-state index < -0.39 is 0 Å². The smallest absolute Gasteiger partial charge is 0.313 e. The highest BCUT2D eigenvalue weighted by molar-refractivity contribution is 5.83. The van der Waals surface area contributed by atoms with E-state index in [1.807, 2.05) is 6.92 Å². The van der Waals surface area contributed by atoms with Crippen LogP contribution in [0.1, 0.15) is 19.4 Å². The van der Waals surface area contributed by atoms with E-state index in [-0.39, 0.29) is 29.2 Å². The van der Waals surface area contributed by atoms with Crippen molar-refractivity contribution in [2.75, 3.05) is 6.61 Å². The van der Waals surface area contributed by atoms with Crippen molar-refractivity contribution >= 4 is 5.97 Å². The molecule has 1 heterocycles. The van der Waals surface area contributed by atoms with Crippen molar-refractivity contribution in [2.24, 2.45) is 5.92 Å². The number of carbonyl (C=O) groups is 1. The Labute approximate surface area is 99.2 Å². The number of ether oxygens (including phenoxy) is 2. The number of phenols is 1. The predicted octanol–water partition coefficient (Wildman–Crippen LogP) is 1.60. The highest BCUT2D eigenvalue weighted by Crippen LogP contribution is 2.63. The molecule has 4 nitrogen and oxygen atoms in total. The number of esters is 1. The fraction of sp³-hybridized carbons (Fsp3) is 0.462. The first-order valence-electron chi connectivity index (χ1n) is 5.75. The van der Waals surface area contributed by atoms with Crippen LogP contribution in [0.25, 0.3) is 0 Å². The minimum Gasteiger partial charge on any atom is -0.508 e. The Bertz CT molecular complexity index is 496. The van der Waals surface area contributed by atoms with Gasteiger partial charge in [-0.2, -0.15) is 0 Å². The molecule has 17 heavy (non-hydrogen) atoms. The van der Waals surface area contributed by atoms with Gasteiger partial charge in [0.05, 0.1) is 12.0 Å². The molecule has 1 aliphatic carbocycles. The molecule has 0 aromatic heterocycles. The van der Waals surface area contributed by atoms with Crippen molar-refractivity contribution < 1.29 is 19.4 Å². The second-order valence-electron chi connectivity index (χ2n) is 4.73. The average molecular weight is 234 g/mol. The molecule has 1 aromatic rings. The summed E-state index contributed by atoms with van der Waals surface area (Å²) in [6.45, 7) is 4.15. The molecular formula is C13H14O4. The topological polar surface area (TPSA) is 55.8 Å². The molecule has 90 valence electrons. The van der Waals surface area contributed by atoms with E-state index in [1.54, 1.807) is 25.1 Å². The Balaban J connectivity index is 1.94. The van der Waals surface area contributed by atoms with Gasteiger partial charge in [0.15, 0.2) is 0 Å². The Morgan fingerprint density at radius 3 is 3.06 bits per heavy atom. The Morgan fingerprint density at radius 1 is 1.59 bits per heavy atom. The van der Waals surface area contributed by atoms with E-state index in [4.69, 9.17) is 9.47 Å². The molecule has 0 radical (unpaired) electrons. The Hall–Kier alpha value is -1.71. The Morgan fingerprint density at radius 2 is 2.35 bits per heavy atom. The zero-order chi connectivity index (χ0) is 12.2. The molecule has 3 atom stereocenters. The van der Waals surface area contributed by atoms with Crippen LogP contribution in [0.4, 0.5) is 0 Å². The summed E-state index contributed by atoms with van der Waals surface area (Å²) in [6, 6.07) is 5.01. The molecule has 3 unspecified atom stereocenters. The van der Waals surface area contributed by atoms with Gasteiger partial charge in [-0.25, -0.2) is 0 Å². The summed E-state index contributed by atoms with van der Waals surface area (Å²) in [7, 11) is 0. The molecule has 1 fully saturated rings. The molecule has 0 saturated heterocycles. The Kier molecular flexibility index (Phi) is 1.94. The number of hydrogen-bond donors (Lipinski definition) is 1. The highest BCUT2D eigenvalue weighted by atomic mass is 16.5. The number of rotatable bonds is 2. The SMILES string of the molecule is CCOC(=O)C1C2Oc3ccc(O)cc3C21C. The normalized spacial score (nSPS) is 32.4. The van der Waals surface area contributed by atoms with Crippen LogP contribution in [0.5, 0.6) is 11.5 Å². The van der Waals surface area contributed by atoms with Gasteiger partial charge in [0.1, 0.15) is 23.5 Å².